The third kappa shape index (κ3) is 3.73. The zero-order chi connectivity index (χ0) is 16.1. The molecule has 0 saturated carbocycles. The average Bonchev–Trinajstić information content (AvgIpc) is 2.53. The number of nitrogens with one attached hydrogen (secondary N) is 1. The normalized spacial score (nSPS) is 12.2. The molecule has 0 spiro atoms. The predicted octanol–water partition coefficient (Wildman–Crippen LogP) is 4.66. The van der Waals surface area contributed by atoms with Crippen LogP contribution in [0.5, 0.6) is 0 Å². The van der Waals surface area contributed by atoms with E-state index in [-0.39, 0.29) is 0 Å². The fourth-order valence-corrected chi connectivity index (χ4v) is 2.67. The summed E-state index contributed by atoms with van der Waals surface area (Å²) in [4.78, 5) is 11.7. The summed E-state index contributed by atoms with van der Waals surface area (Å²) in [6.07, 6.45) is 0.976. The Labute approximate surface area is 131 Å². The molecule has 0 saturated heterocycles. The van der Waals surface area contributed by atoms with Gasteiger partial charge in [-0.2, -0.15) is 5.54 Å². The van der Waals surface area contributed by atoms with Gasteiger partial charge in [-0.1, -0.05) is 62.4 Å². The lowest BCUT2D eigenvalue weighted by atomic mass is 9.88. The number of hydrogen-bond donors (Lipinski definition) is 1. The first-order valence-electron chi connectivity index (χ1n) is 7.61. The third-order valence-electron chi connectivity index (χ3n) is 3.80. The average molecular weight is 299 g/mol. The van der Waals surface area contributed by atoms with Crippen molar-refractivity contribution in [2.24, 2.45) is 5.92 Å². The van der Waals surface area contributed by atoms with Crippen LogP contribution in [0.3, 0.4) is 0 Å². The fraction of sp³-hybridized carbons (Fsp3) is 0.316. The number of halogens is 1. The molecule has 0 aromatic heterocycles. The van der Waals surface area contributed by atoms with Crippen molar-refractivity contribution < 1.29 is 9.28 Å². The van der Waals surface area contributed by atoms with Crippen molar-refractivity contribution in [3.63, 3.8) is 0 Å². The topological polar surface area (TPSA) is 29.1 Å². The molecule has 3 heteroatoms. The molecule has 1 unspecified atom stereocenters. The molecule has 22 heavy (non-hydrogen) atoms. The lowest BCUT2D eigenvalue weighted by Crippen LogP contribution is -2.21. The Morgan fingerprint density at radius 2 is 1.77 bits per heavy atom. The second-order valence-corrected chi connectivity index (χ2v) is 6.07. The Bertz CT molecular complexity index is 637. The van der Waals surface area contributed by atoms with E-state index in [1.807, 2.05) is 42.5 Å². The summed E-state index contributed by atoms with van der Waals surface area (Å²) in [6.45, 7) is 6.07. The van der Waals surface area contributed by atoms with Crippen LogP contribution < -0.4 is 5.54 Å². The number of amides is 1. The summed E-state index contributed by atoms with van der Waals surface area (Å²) in [6, 6.07) is 16.0. The quantitative estimate of drug-likeness (QED) is 0.800. The summed E-state index contributed by atoms with van der Waals surface area (Å²) < 4.78 is 12.5. The van der Waals surface area contributed by atoms with Gasteiger partial charge in [-0.3, -0.25) is 4.79 Å². The van der Waals surface area contributed by atoms with Gasteiger partial charge in [0.15, 0.2) is 0 Å². The Morgan fingerprint density at radius 3 is 2.36 bits per heavy atom. The van der Waals surface area contributed by atoms with Crippen molar-refractivity contribution in [2.75, 3.05) is 0 Å². The third-order valence-corrected chi connectivity index (χ3v) is 3.80. The first kappa shape index (κ1) is 16.2. The molecule has 1 N–H and O–H groups in total. The van der Waals surface area contributed by atoms with Gasteiger partial charge in [0, 0.05) is 0 Å². The van der Waals surface area contributed by atoms with E-state index in [0.717, 1.165) is 23.1 Å². The fourth-order valence-electron chi connectivity index (χ4n) is 2.67. The maximum Gasteiger partial charge on any atom is 0.254 e. The molecule has 2 rings (SSSR count). The summed E-state index contributed by atoms with van der Waals surface area (Å²) in [5, 5.41) is 0. The van der Waals surface area contributed by atoms with Crippen LogP contribution in [-0.4, -0.2) is 5.91 Å². The molecule has 1 amide bonds. The number of hydrogen-bond acceptors (Lipinski definition) is 1. The largest absolute Gasteiger partial charge is 0.272 e. The minimum absolute atomic E-state index is 0.534. The van der Waals surface area contributed by atoms with E-state index in [2.05, 4.69) is 19.9 Å². The first-order chi connectivity index (χ1) is 10.5. The molecule has 1 atom stereocenters. The molecule has 116 valence electrons. The highest BCUT2D eigenvalue weighted by Crippen LogP contribution is 2.31. The Balaban J connectivity index is 2.51. The van der Waals surface area contributed by atoms with Crippen LogP contribution in [0.25, 0.3) is 11.1 Å². The maximum atomic E-state index is 12.5. The number of carbonyl (C=O) groups is 1. The van der Waals surface area contributed by atoms with Crippen LogP contribution in [0.2, 0.25) is 0 Å². The van der Waals surface area contributed by atoms with E-state index in [0.29, 0.717) is 5.92 Å². The van der Waals surface area contributed by atoms with Crippen LogP contribution in [-0.2, 0) is 11.2 Å². The smallest absolute Gasteiger partial charge is 0.254 e. The van der Waals surface area contributed by atoms with Crippen molar-refractivity contribution >= 4 is 5.91 Å². The minimum Gasteiger partial charge on any atom is -0.272 e. The molecule has 0 radical (unpaired) electrons. The minimum atomic E-state index is -0.617. The van der Waals surface area contributed by atoms with E-state index in [4.69, 9.17) is 0 Å². The maximum absolute atomic E-state index is 12.5. The van der Waals surface area contributed by atoms with Crippen LogP contribution in [0.4, 0.5) is 4.48 Å². The zero-order valence-corrected chi connectivity index (χ0v) is 13.3. The number of rotatable bonds is 5. The summed E-state index contributed by atoms with van der Waals surface area (Å²) in [5.41, 5.74) is 5.36. The second-order valence-electron chi connectivity index (χ2n) is 6.07. The van der Waals surface area contributed by atoms with Gasteiger partial charge in [-0.25, -0.2) is 0 Å². The van der Waals surface area contributed by atoms with Gasteiger partial charge in [-0.15, -0.1) is 4.48 Å². The Hall–Kier alpha value is -2.16. The van der Waals surface area contributed by atoms with Gasteiger partial charge in [0.05, 0.1) is 5.92 Å². The van der Waals surface area contributed by atoms with Crippen LogP contribution >= 0.6 is 0 Å². The van der Waals surface area contributed by atoms with Crippen molar-refractivity contribution in [2.45, 2.75) is 33.1 Å². The van der Waals surface area contributed by atoms with Crippen LogP contribution in [0, 0.1) is 5.92 Å². The van der Waals surface area contributed by atoms with Gasteiger partial charge >= 0.3 is 0 Å². The van der Waals surface area contributed by atoms with E-state index < -0.39 is 11.8 Å². The van der Waals surface area contributed by atoms with E-state index in [1.165, 1.54) is 11.1 Å². The Morgan fingerprint density at radius 1 is 1.09 bits per heavy atom. The van der Waals surface area contributed by atoms with E-state index in [1.54, 1.807) is 6.92 Å². The highest BCUT2D eigenvalue weighted by Gasteiger charge is 2.19. The lowest BCUT2D eigenvalue weighted by molar-refractivity contribution is -0.126. The van der Waals surface area contributed by atoms with Gasteiger partial charge in [0.2, 0.25) is 0 Å². The highest BCUT2D eigenvalue weighted by atomic mass is 19.2. The van der Waals surface area contributed by atoms with E-state index in [9.17, 15) is 9.28 Å². The van der Waals surface area contributed by atoms with Crippen LogP contribution in [0.1, 0.15) is 37.8 Å². The lowest BCUT2D eigenvalue weighted by Gasteiger charge is -2.17. The molecule has 0 aliphatic carbocycles. The SMILES string of the molecule is CC(C)Cc1ccc(C(C)C(=O)NF)c(-c2ccccc2)c1. The monoisotopic (exact) mass is 299 g/mol. The highest BCUT2D eigenvalue weighted by molar-refractivity contribution is 5.85. The molecule has 0 aliphatic heterocycles. The molecule has 0 aliphatic rings. The summed E-state index contributed by atoms with van der Waals surface area (Å²) in [5.74, 6) is -0.594. The van der Waals surface area contributed by atoms with E-state index >= 15 is 0 Å². The molecular weight excluding hydrogens is 277 g/mol. The van der Waals surface area contributed by atoms with Crippen molar-refractivity contribution in [1.82, 2.24) is 5.54 Å². The van der Waals surface area contributed by atoms with Gasteiger partial charge in [0.1, 0.15) is 0 Å². The summed E-state index contributed by atoms with van der Waals surface area (Å²) in [7, 11) is 0. The van der Waals surface area contributed by atoms with Gasteiger partial charge in [-0.05, 0) is 41.5 Å². The predicted molar refractivity (Wildman–Crippen MR) is 88.1 cm³/mol. The Kier molecular flexibility index (Phi) is 5.31. The standard InChI is InChI=1S/C19H22FNO/c1-13(2)11-15-9-10-17(14(3)19(22)21-20)18(12-15)16-7-5-4-6-8-16/h4-10,12-14H,11H2,1-3H3,(H,21,22). The molecule has 2 aromatic rings. The van der Waals surface area contributed by atoms with Crippen molar-refractivity contribution in [1.29, 1.82) is 0 Å². The molecule has 0 heterocycles. The summed E-state index contributed by atoms with van der Waals surface area (Å²) >= 11 is 0. The second kappa shape index (κ2) is 7.21. The molecule has 0 bridgehead atoms. The number of carbonyl (C=O) groups excluding carboxylic acids is 1. The van der Waals surface area contributed by atoms with Crippen LogP contribution in [0.15, 0.2) is 48.5 Å². The van der Waals surface area contributed by atoms with Crippen molar-refractivity contribution in [3.05, 3.63) is 59.7 Å². The molecule has 2 nitrogen and oxygen atoms in total. The first-order valence-corrected chi connectivity index (χ1v) is 7.61. The molecular formula is C19H22FNO. The molecule has 2 aromatic carbocycles. The molecule has 0 fully saturated rings. The zero-order valence-electron chi connectivity index (χ0n) is 13.3. The van der Waals surface area contributed by atoms with Gasteiger partial charge in [0.25, 0.3) is 5.91 Å². The van der Waals surface area contributed by atoms with Crippen molar-refractivity contribution in [3.8, 4) is 11.1 Å². The van der Waals surface area contributed by atoms with Gasteiger partial charge < -0.3 is 0 Å². The number of benzene rings is 2.